The van der Waals surface area contributed by atoms with E-state index >= 15 is 0 Å². The first-order valence-electron chi connectivity index (χ1n) is 8.64. The quantitative estimate of drug-likeness (QED) is 0.852. The molecule has 1 aliphatic rings. The van der Waals surface area contributed by atoms with Crippen LogP contribution in [0, 0.1) is 5.82 Å². The fourth-order valence-corrected chi connectivity index (χ4v) is 3.07. The Hall–Kier alpha value is -2.01. The average Bonchev–Trinajstić information content (AvgIpc) is 3.44. The number of halogens is 1. The Morgan fingerprint density at radius 1 is 1.33 bits per heavy atom. The van der Waals surface area contributed by atoms with Crippen molar-refractivity contribution < 1.29 is 9.18 Å². The molecule has 4 nitrogen and oxygen atoms in total. The highest BCUT2D eigenvalue weighted by Gasteiger charge is 2.30. The number of carbonyl (C=O) groups excluding carboxylic acids is 1. The molecule has 0 spiro atoms. The van der Waals surface area contributed by atoms with Crippen molar-refractivity contribution in [1.29, 1.82) is 0 Å². The molecule has 1 amide bonds. The van der Waals surface area contributed by atoms with Gasteiger partial charge in [-0.25, -0.2) is 4.39 Å². The number of nitrogens with two attached hydrogens (primary N) is 1. The molecule has 1 fully saturated rings. The van der Waals surface area contributed by atoms with Crippen LogP contribution >= 0.6 is 0 Å². The van der Waals surface area contributed by atoms with Gasteiger partial charge >= 0.3 is 0 Å². The number of hydrogen-bond acceptors (Lipinski definition) is 3. The summed E-state index contributed by atoms with van der Waals surface area (Å²) in [4.78, 5) is 17.5. The Labute approximate surface area is 141 Å². The number of fused-ring (bicyclic) bond motifs is 1. The second-order valence-corrected chi connectivity index (χ2v) is 6.68. The molecular formula is C19H24FN3O. The molecule has 0 aliphatic heterocycles. The second kappa shape index (κ2) is 6.48. The van der Waals surface area contributed by atoms with Gasteiger partial charge in [0.1, 0.15) is 5.82 Å². The number of pyridine rings is 1. The van der Waals surface area contributed by atoms with Crippen LogP contribution in [0.25, 0.3) is 10.9 Å². The molecule has 1 heterocycles. The topological polar surface area (TPSA) is 68.0 Å². The van der Waals surface area contributed by atoms with E-state index in [1.54, 1.807) is 6.07 Å². The van der Waals surface area contributed by atoms with Crippen molar-refractivity contribution in [2.75, 3.05) is 6.54 Å². The van der Waals surface area contributed by atoms with Gasteiger partial charge in [-0.05, 0) is 49.9 Å². The fraction of sp³-hybridized carbons (Fsp3) is 0.474. The molecular weight excluding hydrogens is 305 g/mol. The molecule has 0 radical (unpaired) electrons. The smallest absolute Gasteiger partial charge is 0.252 e. The van der Waals surface area contributed by atoms with Crippen LogP contribution in [0.1, 0.15) is 61.5 Å². The van der Waals surface area contributed by atoms with Crippen molar-refractivity contribution in [2.45, 2.75) is 51.0 Å². The molecule has 3 rings (SSSR count). The molecule has 3 N–H and O–H groups in total. The number of hydrogen-bond donors (Lipinski definition) is 2. The van der Waals surface area contributed by atoms with Gasteiger partial charge in [-0.1, -0.05) is 13.8 Å². The largest absolute Gasteiger partial charge is 0.345 e. The minimum absolute atomic E-state index is 0.205. The highest BCUT2D eigenvalue weighted by molar-refractivity contribution is 6.06. The van der Waals surface area contributed by atoms with Gasteiger partial charge in [0.15, 0.2) is 0 Å². The number of carbonyl (C=O) groups is 1. The van der Waals surface area contributed by atoms with Gasteiger partial charge in [-0.2, -0.15) is 0 Å². The molecule has 5 heteroatoms. The van der Waals surface area contributed by atoms with Crippen molar-refractivity contribution in [1.82, 2.24) is 10.3 Å². The lowest BCUT2D eigenvalue weighted by Crippen LogP contribution is -2.52. The van der Waals surface area contributed by atoms with Crippen LogP contribution in [0.3, 0.4) is 0 Å². The van der Waals surface area contributed by atoms with Crippen LogP contribution in [-0.4, -0.2) is 23.0 Å². The van der Waals surface area contributed by atoms with E-state index in [1.165, 1.54) is 12.1 Å². The van der Waals surface area contributed by atoms with Gasteiger partial charge < -0.3 is 11.1 Å². The van der Waals surface area contributed by atoms with Gasteiger partial charge in [0.05, 0.1) is 16.6 Å². The monoisotopic (exact) mass is 329 g/mol. The van der Waals surface area contributed by atoms with E-state index in [-0.39, 0.29) is 11.7 Å². The van der Waals surface area contributed by atoms with E-state index in [0.717, 1.165) is 31.4 Å². The van der Waals surface area contributed by atoms with Crippen molar-refractivity contribution in [3.05, 3.63) is 41.3 Å². The van der Waals surface area contributed by atoms with E-state index in [0.29, 0.717) is 28.9 Å². The Balaban J connectivity index is 2.06. The van der Waals surface area contributed by atoms with Gasteiger partial charge in [0, 0.05) is 23.5 Å². The Bertz CT molecular complexity index is 758. The van der Waals surface area contributed by atoms with Crippen LogP contribution in [0.5, 0.6) is 0 Å². The summed E-state index contributed by atoms with van der Waals surface area (Å²) in [7, 11) is 0. The number of aromatic nitrogens is 1. The first-order valence-corrected chi connectivity index (χ1v) is 8.64. The Morgan fingerprint density at radius 3 is 2.62 bits per heavy atom. The van der Waals surface area contributed by atoms with Gasteiger partial charge in [0.25, 0.3) is 5.91 Å². The third-order valence-electron chi connectivity index (χ3n) is 5.15. The third-order valence-corrected chi connectivity index (χ3v) is 5.15. The zero-order chi connectivity index (χ0) is 17.3. The van der Waals surface area contributed by atoms with E-state index in [4.69, 9.17) is 5.73 Å². The highest BCUT2D eigenvalue weighted by Crippen LogP contribution is 2.40. The van der Waals surface area contributed by atoms with E-state index in [1.807, 2.05) is 19.9 Å². The first-order chi connectivity index (χ1) is 11.5. The number of amides is 1. The van der Waals surface area contributed by atoms with Crippen LogP contribution < -0.4 is 11.1 Å². The zero-order valence-electron chi connectivity index (χ0n) is 14.2. The molecule has 1 aliphatic carbocycles. The lowest BCUT2D eigenvalue weighted by Gasteiger charge is -2.31. The van der Waals surface area contributed by atoms with E-state index < -0.39 is 5.54 Å². The summed E-state index contributed by atoms with van der Waals surface area (Å²) in [6.45, 7) is 4.39. The van der Waals surface area contributed by atoms with E-state index in [2.05, 4.69) is 10.3 Å². The van der Waals surface area contributed by atoms with Crippen LogP contribution in [0.2, 0.25) is 0 Å². The summed E-state index contributed by atoms with van der Waals surface area (Å²) < 4.78 is 13.7. The Morgan fingerprint density at radius 2 is 2.04 bits per heavy atom. The van der Waals surface area contributed by atoms with Crippen LogP contribution in [0.15, 0.2) is 24.3 Å². The summed E-state index contributed by atoms with van der Waals surface area (Å²) in [5.74, 6) is -0.153. The lowest BCUT2D eigenvalue weighted by atomic mass is 9.92. The maximum absolute atomic E-state index is 13.7. The molecule has 128 valence electrons. The minimum Gasteiger partial charge on any atom is -0.345 e. The van der Waals surface area contributed by atoms with Crippen molar-refractivity contribution in [3.63, 3.8) is 0 Å². The lowest BCUT2D eigenvalue weighted by molar-refractivity contribution is 0.0897. The molecule has 0 saturated heterocycles. The summed E-state index contributed by atoms with van der Waals surface area (Å²) in [6.07, 6.45) is 3.69. The predicted molar refractivity (Wildman–Crippen MR) is 93.5 cm³/mol. The molecule has 24 heavy (non-hydrogen) atoms. The predicted octanol–water partition coefficient (Wildman–Crippen LogP) is 3.50. The molecule has 0 unspecified atom stereocenters. The third kappa shape index (κ3) is 3.13. The number of rotatable bonds is 6. The van der Waals surface area contributed by atoms with E-state index in [9.17, 15) is 9.18 Å². The highest BCUT2D eigenvalue weighted by atomic mass is 19.1. The number of nitrogens with zero attached hydrogens (tertiary/aromatic N) is 1. The van der Waals surface area contributed by atoms with Gasteiger partial charge in [-0.3, -0.25) is 9.78 Å². The van der Waals surface area contributed by atoms with Crippen LogP contribution in [0.4, 0.5) is 4.39 Å². The molecule has 0 atom stereocenters. The minimum atomic E-state index is -0.431. The van der Waals surface area contributed by atoms with Crippen molar-refractivity contribution >= 4 is 16.8 Å². The van der Waals surface area contributed by atoms with Crippen LogP contribution in [-0.2, 0) is 0 Å². The maximum atomic E-state index is 13.7. The maximum Gasteiger partial charge on any atom is 0.252 e. The summed E-state index contributed by atoms with van der Waals surface area (Å²) in [5.41, 5.74) is 7.54. The normalized spacial score (nSPS) is 14.8. The average molecular weight is 329 g/mol. The molecule has 2 aromatic rings. The van der Waals surface area contributed by atoms with Crippen molar-refractivity contribution in [2.24, 2.45) is 5.73 Å². The molecule has 1 aromatic heterocycles. The summed E-state index contributed by atoms with van der Waals surface area (Å²) in [5, 5.41) is 3.63. The SMILES string of the molecule is CCC(CC)(CN)NC(=O)c1cc(C2CC2)nc2ccc(F)cc12. The Kier molecular flexibility index (Phi) is 4.54. The standard InChI is InChI=1S/C19H24FN3O/c1-3-19(4-2,11-21)23-18(24)15-10-17(12-5-6-12)22-16-8-7-13(20)9-14(15)16/h7-10,12H,3-6,11,21H2,1-2H3,(H,23,24). The second-order valence-electron chi connectivity index (χ2n) is 6.68. The first kappa shape index (κ1) is 16.8. The summed E-state index contributed by atoms with van der Waals surface area (Å²) >= 11 is 0. The number of nitrogens with one attached hydrogen (secondary N) is 1. The molecule has 0 bridgehead atoms. The summed E-state index contributed by atoms with van der Waals surface area (Å²) in [6, 6.07) is 6.23. The van der Waals surface area contributed by atoms with Gasteiger partial charge in [-0.15, -0.1) is 0 Å². The van der Waals surface area contributed by atoms with Gasteiger partial charge in [0.2, 0.25) is 0 Å². The molecule has 1 saturated carbocycles. The molecule has 1 aromatic carbocycles. The van der Waals surface area contributed by atoms with Crippen molar-refractivity contribution in [3.8, 4) is 0 Å². The number of benzene rings is 1. The fourth-order valence-electron chi connectivity index (χ4n) is 3.07. The zero-order valence-corrected chi connectivity index (χ0v) is 14.2.